The second-order valence-corrected chi connectivity index (χ2v) is 9.16. The smallest absolute Gasteiger partial charge is 0.260 e. The van der Waals surface area contributed by atoms with Gasteiger partial charge in [-0.1, -0.05) is 12.1 Å². The molecule has 2 aromatic rings. The number of carbonyl (C=O) groups excluding carboxylic acids is 1. The molecule has 0 bridgehead atoms. The molecule has 1 heterocycles. The molecule has 1 aliphatic heterocycles. The normalized spacial score (nSPS) is 14.3. The molecule has 0 aromatic heterocycles. The molecular formula is C22H29N3O5S. The molecule has 9 heteroatoms. The zero-order valence-corrected chi connectivity index (χ0v) is 19.0. The Hall–Kier alpha value is -2.94. The van der Waals surface area contributed by atoms with Gasteiger partial charge in [-0.3, -0.25) is 9.10 Å². The van der Waals surface area contributed by atoms with Crippen LogP contribution < -0.4 is 18.7 Å². The van der Waals surface area contributed by atoms with Gasteiger partial charge in [0, 0.05) is 32.7 Å². The van der Waals surface area contributed by atoms with E-state index in [-0.39, 0.29) is 12.5 Å². The number of ether oxygens (including phenoxy) is 2. The number of para-hydroxylation sites is 2. The minimum Gasteiger partial charge on any atom is -0.495 e. The fraction of sp³-hybridized carbons (Fsp3) is 0.409. The van der Waals surface area contributed by atoms with E-state index in [9.17, 15) is 13.2 Å². The predicted octanol–water partition coefficient (Wildman–Crippen LogP) is 2.21. The molecule has 0 spiro atoms. The number of anilines is 2. The number of hydrogen-bond donors (Lipinski definition) is 0. The lowest BCUT2D eigenvalue weighted by molar-refractivity contribution is -0.133. The molecule has 3 rings (SSSR count). The summed E-state index contributed by atoms with van der Waals surface area (Å²) in [6.07, 6.45) is 1.17. The summed E-state index contributed by atoms with van der Waals surface area (Å²) in [5, 5.41) is 0. The topological polar surface area (TPSA) is 79.4 Å². The largest absolute Gasteiger partial charge is 0.495 e. The summed E-state index contributed by atoms with van der Waals surface area (Å²) in [6, 6.07) is 14.6. The van der Waals surface area contributed by atoms with E-state index in [2.05, 4.69) is 4.90 Å². The van der Waals surface area contributed by atoms with Crippen molar-refractivity contribution in [1.29, 1.82) is 0 Å². The van der Waals surface area contributed by atoms with Gasteiger partial charge in [-0.15, -0.1) is 0 Å². The molecule has 1 fully saturated rings. The van der Waals surface area contributed by atoms with Crippen LogP contribution in [0.3, 0.4) is 0 Å². The first-order valence-corrected chi connectivity index (χ1v) is 12.0. The molecule has 0 atom stereocenters. The van der Waals surface area contributed by atoms with Crippen LogP contribution in [0.5, 0.6) is 11.5 Å². The molecule has 8 nitrogen and oxygen atoms in total. The third-order valence-corrected chi connectivity index (χ3v) is 6.50. The number of hydrogen-bond acceptors (Lipinski definition) is 6. The van der Waals surface area contributed by atoms with E-state index in [4.69, 9.17) is 9.47 Å². The Bertz CT molecular complexity index is 986. The number of piperazine rings is 1. The van der Waals surface area contributed by atoms with Crippen molar-refractivity contribution in [3.8, 4) is 11.5 Å². The first-order valence-electron chi connectivity index (χ1n) is 10.2. The van der Waals surface area contributed by atoms with Gasteiger partial charge in [0.1, 0.15) is 11.5 Å². The quantitative estimate of drug-likeness (QED) is 0.617. The second kappa shape index (κ2) is 9.91. The number of amides is 1. The lowest BCUT2D eigenvalue weighted by atomic mass is 10.2. The highest BCUT2D eigenvalue weighted by molar-refractivity contribution is 7.92. The zero-order chi connectivity index (χ0) is 22.4. The van der Waals surface area contributed by atoms with Crippen molar-refractivity contribution in [2.75, 3.05) is 61.9 Å². The second-order valence-electron chi connectivity index (χ2n) is 7.25. The Labute approximate surface area is 184 Å². The van der Waals surface area contributed by atoms with Gasteiger partial charge in [0.2, 0.25) is 10.0 Å². The van der Waals surface area contributed by atoms with Crippen LogP contribution in [0.1, 0.15) is 6.92 Å². The van der Waals surface area contributed by atoms with E-state index >= 15 is 0 Å². The average Bonchev–Trinajstić information content (AvgIpc) is 2.78. The molecule has 31 heavy (non-hydrogen) atoms. The predicted molar refractivity (Wildman–Crippen MR) is 122 cm³/mol. The van der Waals surface area contributed by atoms with Crippen LogP contribution >= 0.6 is 0 Å². The molecule has 0 N–H and O–H groups in total. The van der Waals surface area contributed by atoms with E-state index in [1.165, 1.54) is 10.6 Å². The van der Waals surface area contributed by atoms with Crippen LogP contribution in [0.15, 0.2) is 48.5 Å². The third-order valence-electron chi connectivity index (χ3n) is 5.23. The van der Waals surface area contributed by atoms with E-state index in [1.54, 1.807) is 43.2 Å². The highest BCUT2D eigenvalue weighted by atomic mass is 32.2. The van der Waals surface area contributed by atoms with Crippen LogP contribution in [-0.4, -0.2) is 71.9 Å². The van der Waals surface area contributed by atoms with Crippen molar-refractivity contribution in [2.45, 2.75) is 6.92 Å². The maximum atomic E-state index is 12.6. The third kappa shape index (κ3) is 5.61. The van der Waals surface area contributed by atoms with Crippen LogP contribution in [0.2, 0.25) is 0 Å². The van der Waals surface area contributed by atoms with Crippen molar-refractivity contribution >= 4 is 27.3 Å². The van der Waals surface area contributed by atoms with Gasteiger partial charge < -0.3 is 19.3 Å². The highest BCUT2D eigenvalue weighted by Crippen LogP contribution is 2.28. The number of sulfonamides is 1. The summed E-state index contributed by atoms with van der Waals surface area (Å²) in [4.78, 5) is 16.6. The molecule has 1 saturated heterocycles. The van der Waals surface area contributed by atoms with Gasteiger partial charge in [0.15, 0.2) is 6.61 Å². The summed E-state index contributed by atoms with van der Waals surface area (Å²) >= 11 is 0. The lowest BCUT2D eigenvalue weighted by Gasteiger charge is -2.36. The molecule has 0 saturated carbocycles. The molecular weight excluding hydrogens is 418 g/mol. The molecule has 2 aromatic carbocycles. The average molecular weight is 448 g/mol. The van der Waals surface area contributed by atoms with Crippen LogP contribution in [0.4, 0.5) is 11.4 Å². The number of carbonyl (C=O) groups is 1. The van der Waals surface area contributed by atoms with Crippen molar-refractivity contribution < 1.29 is 22.7 Å². The minimum absolute atomic E-state index is 0.0580. The Morgan fingerprint density at radius 1 is 1.03 bits per heavy atom. The molecule has 0 aliphatic carbocycles. The van der Waals surface area contributed by atoms with Gasteiger partial charge in [-0.05, 0) is 43.3 Å². The van der Waals surface area contributed by atoms with Crippen LogP contribution in [0.25, 0.3) is 0 Å². The van der Waals surface area contributed by atoms with E-state index in [0.717, 1.165) is 24.5 Å². The molecule has 168 valence electrons. The summed E-state index contributed by atoms with van der Waals surface area (Å²) in [5.41, 5.74) is 1.60. The van der Waals surface area contributed by atoms with E-state index in [1.807, 2.05) is 24.3 Å². The van der Waals surface area contributed by atoms with Crippen molar-refractivity contribution in [3.63, 3.8) is 0 Å². The van der Waals surface area contributed by atoms with Crippen molar-refractivity contribution in [3.05, 3.63) is 48.5 Å². The molecule has 0 radical (unpaired) electrons. The first-order chi connectivity index (χ1) is 14.8. The molecule has 1 aliphatic rings. The van der Waals surface area contributed by atoms with E-state index < -0.39 is 10.0 Å². The van der Waals surface area contributed by atoms with Crippen LogP contribution in [-0.2, 0) is 14.8 Å². The fourth-order valence-corrected chi connectivity index (χ4v) is 4.62. The Morgan fingerprint density at radius 3 is 2.26 bits per heavy atom. The number of methoxy groups -OCH3 is 1. The SMILES string of the molecule is CCN(c1ccc(OCC(=O)N2CCN(c3ccccc3OC)CC2)cc1)S(C)(=O)=O. The van der Waals surface area contributed by atoms with Gasteiger partial charge >= 0.3 is 0 Å². The van der Waals surface area contributed by atoms with Gasteiger partial charge in [-0.25, -0.2) is 8.42 Å². The fourth-order valence-electron chi connectivity index (χ4n) is 3.64. The number of benzene rings is 2. The molecule has 1 amide bonds. The monoisotopic (exact) mass is 447 g/mol. The van der Waals surface area contributed by atoms with Gasteiger partial charge in [-0.2, -0.15) is 0 Å². The van der Waals surface area contributed by atoms with Gasteiger partial charge in [0.05, 0.1) is 24.7 Å². The summed E-state index contributed by atoms with van der Waals surface area (Å²) in [5.74, 6) is 1.27. The maximum absolute atomic E-state index is 12.6. The standard InChI is InChI=1S/C22H29N3O5S/c1-4-25(31(3,27)28)18-9-11-19(12-10-18)30-17-22(26)24-15-13-23(14-16-24)20-7-5-6-8-21(20)29-2/h5-12H,4,13-17H2,1-3H3. The Balaban J connectivity index is 1.52. The molecule has 0 unspecified atom stereocenters. The van der Waals surface area contributed by atoms with Crippen LogP contribution in [0, 0.1) is 0 Å². The van der Waals surface area contributed by atoms with E-state index in [0.29, 0.717) is 31.1 Å². The van der Waals surface area contributed by atoms with Crippen molar-refractivity contribution in [1.82, 2.24) is 4.90 Å². The lowest BCUT2D eigenvalue weighted by Crippen LogP contribution is -2.50. The zero-order valence-electron chi connectivity index (χ0n) is 18.2. The summed E-state index contributed by atoms with van der Waals surface area (Å²) in [6.45, 7) is 4.73. The number of nitrogens with zero attached hydrogens (tertiary/aromatic N) is 3. The summed E-state index contributed by atoms with van der Waals surface area (Å²) in [7, 11) is -1.67. The summed E-state index contributed by atoms with van der Waals surface area (Å²) < 4.78 is 36.0. The van der Waals surface area contributed by atoms with Crippen molar-refractivity contribution in [2.24, 2.45) is 0 Å². The first kappa shape index (κ1) is 22.7. The number of rotatable bonds is 8. The van der Waals surface area contributed by atoms with Gasteiger partial charge in [0.25, 0.3) is 5.91 Å². The highest BCUT2D eigenvalue weighted by Gasteiger charge is 2.23. The Morgan fingerprint density at radius 2 is 1.68 bits per heavy atom. The minimum atomic E-state index is -3.33. The maximum Gasteiger partial charge on any atom is 0.260 e. The Kier molecular flexibility index (Phi) is 7.27.